The summed E-state index contributed by atoms with van der Waals surface area (Å²) in [7, 11) is 0. The average molecular weight is 282 g/mol. The highest BCUT2D eigenvalue weighted by molar-refractivity contribution is 7.12. The standard InChI is InChI=1S/C13H12ClNO2S/c1-8-15-13(12(7-14)18-8)9-2-3-10-11(6-9)17-5-4-16-10/h2-3,6H,4-5,7H2,1H3. The van der Waals surface area contributed by atoms with E-state index in [4.69, 9.17) is 21.1 Å². The largest absolute Gasteiger partial charge is 0.486 e. The molecule has 1 aromatic heterocycles. The van der Waals surface area contributed by atoms with Gasteiger partial charge in [0, 0.05) is 10.4 Å². The van der Waals surface area contributed by atoms with Crippen LogP contribution in [-0.2, 0) is 5.88 Å². The van der Waals surface area contributed by atoms with Crippen LogP contribution in [0.25, 0.3) is 11.3 Å². The van der Waals surface area contributed by atoms with Gasteiger partial charge in [0.2, 0.25) is 0 Å². The number of halogens is 1. The van der Waals surface area contributed by atoms with Crippen LogP contribution in [0.1, 0.15) is 9.88 Å². The second kappa shape index (κ2) is 4.78. The van der Waals surface area contributed by atoms with Gasteiger partial charge in [-0.3, -0.25) is 0 Å². The molecule has 0 N–H and O–H groups in total. The molecular formula is C13H12ClNO2S. The molecule has 0 bridgehead atoms. The number of thiazole rings is 1. The van der Waals surface area contributed by atoms with E-state index in [-0.39, 0.29) is 0 Å². The molecule has 0 radical (unpaired) electrons. The van der Waals surface area contributed by atoms with Crippen LogP contribution in [0.5, 0.6) is 11.5 Å². The normalized spacial score (nSPS) is 13.7. The molecule has 1 aromatic carbocycles. The van der Waals surface area contributed by atoms with Crippen molar-refractivity contribution < 1.29 is 9.47 Å². The van der Waals surface area contributed by atoms with E-state index >= 15 is 0 Å². The lowest BCUT2D eigenvalue weighted by atomic mass is 10.1. The van der Waals surface area contributed by atoms with Gasteiger partial charge in [0.15, 0.2) is 11.5 Å². The van der Waals surface area contributed by atoms with Crippen LogP contribution in [0.15, 0.2) is 18.2 Å². The van der Waals surface area contributed by atoms with Gasteiger partial charge in [-0.1, -0.05) is 0 Å². The Morgan fingerprint density at radius 2 is 2.06 bits per heavy atom. The molecule has 2 heterocycles. The molecule has 18 heavy (non-hydrogen) atoms. The predicted octanol–water partition coefficient (Wildman–Crippen LogP) is 3.63. The number of aromatic nitrogens is 1. The summed E-state index contributed by atoms with van der Waals surface area (Å²) in [6, 6.07) is 5.90. The number of ether oxygens (including phenoxy) is 2. The van der Waals surface area contributed by atoms with Crippen LogP contribution >= 0.6 is 22.9 Å². The summed E-state index contributed by atoms with van der Waals surface area (Å²) in [5.74, 6) is 2.06. The maximum Gasteiger partial charge on any atom is 0.162 e. The van der Waals surface area contributed by atoms with Crippen molar-refractivity contribution in [3.8, 4) is 22.8 Å². The Bertz CT molecular complexity index is 582. The van der Waals surface area contributed by atoms with Crippen molar-refractivity contribution in [3.05, 3.63) is 28.1 Å². The fraction of sp³-hybridized carbons (Fsp3) is 0.308. The zero-order valence-corrected chi connectivity index (χ0v) is 11.5. The summed E-state index contributed by atoms with van der Waals surface area (Å²) >= 11 is 7.58. The van der Waals surface area contributed by atoms with Crippen LogP contribution in [-0.4, -0.2) is 18.2 Å². The first-order valence-corrected chi connectivity index (χ1v) is 7.05. The maximum absolute atomic E-state index is 5.95. The van der Waals surface area contributed by atoms with Crippen molar-refractivity contribution in [2.45, 2.75) is 12.8 Å². The van der Waals surface area contributed by atoms with Gasteiger partial charge >= 0.3 is 0 Å². The van der Waals surface area contributed by atoms with Crippen molar-refractivity contribution in [1.82, 2.24) is 4.98 Å². The SMILES string of the molecule is Cc1nc(-c2ccc3c(c2)OCCO3)c(CCl)s1. The molecule has 0 fully saturated rings. The molecule has 1 aliphatic heterocycles. The van der Waals surface area contributed by atoms with Gasteiger partial charge in [0.05, 0.1) is 16.6 Å². The topological polar surface area (TPSA) is 31.4 Å². The molecule has 0 saturated heterocycles. The van der Waals surface area contributed by atoms with Crippen LogP contribution in [0, 0.1) is 6.92 Å². The van der Waals surface area contributed by atoms with E-state index in [2.05, 4.69) is 4.98 Å². The van der Waals surface area contributed by atoms with Crippen molar-refractivity contribution >= 4 is 22.9 Å². The minimum atomic E-state index is 0.481. The van der Waals surface area contributed by atoms with E-state index in [1.54, 1.807) is 11.3 Å². The first-order chi connectivity index (χ1) is 8.78. The highest BCUT2D eigenvalue weighted by Crippen LogP contribution is 2.36. The summed E-state index contributed by atoms with van der Waals surface area (Å²) in [5, 5.41) is 1.02. The van der Waals surface area contributed by atoms with Gasteiger partial charge in [-0.15, -0.1) is 22.9 Å². The Balaban J connectivity index is 2.06. The Labute approximate surface area is 114 Å². The Morgan fingerprint density at radius 1 is 1.28 bits per heavy atom. The summed E-state index contributed by atoms with van der Waals surface area (Å²) < 4.78 is 11.1. The van der Waals surface area contributed by atoms with E-state index in [0.717, 1.165) is 32.6 Å². The van der Waals surface area contributed by atoms with Crippen molar-refractivity contribution in [1.29, 1.82) is 0 Å². The Morgan fingerprint density at radius 3 is 2.83 bits per heavy atom. The number of nitrogens with zero attached hydrogens (tertiary/aromatic N) is 1. The fourth-order valence-electron chi connectivity index (χ4n) is 1.98. The van der Waals surface area contributed by atoms with E-state index in [0.29, 0.717) is 19.1 Å². The molecule has 5 heteroatoms. The quantitative estimate of drug-likeness (QED) is 0.788. The smallest absolute Gasteiger partial charge is 0.162 e. The van der Waals surface area contributed by atoms with Crippen molar-refractivity contribution in [2.24, 2.45) is 0 Å². The molecule has 0 atom stereocenters. The van der Waals surface area contributed by atoms with Gasteiger partial charge < -0.3 is 9.47 Å². The third-order valence-electron chi connectivity index (χ3n) is 2.74. The molecule has 3 rings (SSSR count). The average Bonchev–Trinajstić information content (AvgIpc) is 2.79. The lowest BCUT2D eigenvalue weighted by Gasteiger charge is -2.18. The third-order valence-corrected chi connectivity index (χ3v) is 4.14. The number of hydrogen-bond donors (Lipinski definition) is 0. The molecule has 94 valence electrons. The molecule has 3 nitrogen and oxygen atoms in total. The molecular weight excluding hydrogens is 270 g/mol. The van der Waals surface area contributed by atoms with E-state index in [1.165, 1.54) is 0 Å². The van der Waals surface area contributed by atoms with Crippen LogP contribution in [0.4, 0.5) is 0 Å². The van der Waals surface area contributed by atoms with Crippen LogP contribution < -0.4 is 9.47 Å². The zero-order chi connectivity index (χ0) is 12.5. The van der Waals surface area contributed by atoms with Gasteiger partial charge in [0.25, 0.3) is 0 Å². The highest BCUT2D eigenvalue weighted by atomic mass is 35.5. The molecule has 0 saturated carbocycles. The zero-order valence-electron chi connectivity index (χ0n) is 9.90. The summed E-state index contributed by atoms with van der Waals surface area (Å²) in [5.41, 5.74) is 1.98. The first kappa shape index (κ1) is 11.8. The van der Waals surface area contributed by atoms with E-state index in [1.807, 2.05) is 25.1 Å². The molecule has 0 spiro atoms. The van der Waals surface area contributed by atoms with Gasteiger partial charge in [-0.05, 0) is 25.1 Å². The minimum absolute atomic E-state index is 0.481. The number of hydrogen-bond acceptors (Lipinski definition) is 4. The second-order valence-corrected chi connectivity index (χ2v) is 5.55. The van der Waals surface area contributed by atoms with E-state index < -0.39 is 0 Å². The van der Waals surface area contributed by atoms with Crippen molar-refractivity contribution in [2.75, 3.05) is 13.2 Å². The summed E-state index contributed by atoms with van der Waals surface area (Å²) in [4.78, 5) is 5.63. The minimum Gasteiger partial charge on any atom is -0.486 e. The first-order valence-electron chi connectivity index (χ1n) is 5.70. The highest BCUT2D eigenvalue weighted by Gasteiger charge is 2.16. The monoisotopic (exact) mass is 281 g/mol. The molecule has 0 unspecified atom stereocenters. The molecule has 2 aromatic rings. The van der Waals surface area contributed by atoms with Gasteiger partial charge in [-0.2, -0.15) is 0 Å². The third kappa shape index (κ3) is 2.06. The maximum atomic E-state index is 5.95. The predicted molar refractivity (Wildman–Crippen MR) is 72.8 cm³/mol. The van der Waals surface area contributed by atoms with Crippen molar-refractivity contribution in [3.63, 3.8) is 0 Å². The lowest BCUT2D eigenvalue weighted by Crippen LogP contribution is -2.15. The number of aryl methyl sites for hydroxylation is 1. The Hall–Kier alpha value is -1.26. The fourth-order valence-corrected chi connectivity index (χ4v) is 3.07. The summed E-state index contributed by atoms with van der Waals surface area (Å²) in [6.07, 6.45) is 0. The second-order valence-electron chi connectivity index (χ2n) is 4.00. The van der Waals surface area contributed by atoms with Gasteiger partial charge in [-0.25, -0.2) is 4.98 Å². The van der Waals surface area contributed by atoms with E-state index in [9.17, 15) is 0 Å². The Kier molecular flexibility index (Phi) is 3.14. The number of rotatable bonds is 2. The van der Waals surface area contributed by atoms with Gasteiger partial charge in [0.1, 0.15) is 13.2 Å². The molecule has 0 aliphatic carbocycles. The van der Waals surface area contributed by atoms with Crippen LogP contribution in [0.3, 0.4) is 0 Å². The number of alkyl halides is 1. The lowest BCUT2D eigenvalue weighted by molar-refractivity contribution is 0.171. The molecule has 0 amide bonds. The summed E-state index contributed by atoms with van der Waals surface area (Å²) in [6.45, 7) is 3.19. The molecule has 1 aliphatic rings. The number of fused-ring (bicyclic) bond motifs is 1. The van der Waals surface area contributed by atoms with Crippen LogP contribution in [0.2, 0.25) is 0 Å². The number of benzene rings is 1.